The van der Waals surface area contributed by atoms with E-state index >= 15 is 0 Å². The average Bonchev–Trinajstić information content (AvgIpc) is 3.25. The van der Waals surface area contributed by atoms with Crippen molar-refractivity contribution in [1.29, 1.82) is 0 Å². The molecule has 3 rings (SSSR count). The zero-order chi connectivity index (χ0) is 22.6. The largest absolute Gasteiger partial charge is 0.497 e. The second kappa shape index (κ2) is 9.44. The Morgan fingerprint density at radius 1 is 1.29 bits per heavy atom. The van der Waals surface area contributed by atoms with Gasteiger partial charge in [0.15, 0.2) is 9.84 Å². The number of non-ortho nitro benzene ring substituents is 1. The second-order valence-corrected chi connectivity index (χ2v) is 9.43. The number of carbonyl (C=O) groups is 1. The molecule has 0 N–H and O–H groups in total. The third-order valence-electron chi connectivity index (χ3n) is 5.02. The molecule has 1 aliphatic heterocycles. The van der Waals surface area contributed by atoms with Gasteiger partial charge in [0, 0.05) is 43.6 Å². The smallest absolute Gasteiger partial charge is 0.271 e. The molecule has 0 aromatic heterocycles. The van der Waals surface area contributed by atoms with Gasteiger partial charge in [-0.05, 0) is 36.6 Å². The van der Waals surface area contributed by atoms with Crippen molar-refractivity contribution in [2.75, 3.05) is 26.5 Å². The van der Waals surface area contributed by atoms with Gasteiger partial charge in [-0.3, -0.25) is 14.9 Å². The topological polar surface area (TPSA) is 116 Å². The van der Waals surface area contributed by atoms with Crippen LogP contribution in [0.1, 0.15) is 28.8 Å². The Bertz CT molecular complexity index is 1080. The standard InChI is InChI=1S/C21H24N2O7S/c1-29-18-6-3-5-15(9-18)13-22(14-19-7-4-8-30-19)21(24)16-10-17(23(25)26)12-20(11-16)31(2,27)28/h3,5-6,9-12,19H,4,7-8,13-14H2,1-2H3. The van der Waals surface area contributed by atoms with E-state index in [2.05, 4.69) is 0 Å². The van der Waals surface area contributed by atoms with Gasteiger partial charge in [0.1, 0.15) is 5.75 Å². The number of ether oxygens (including phenoxy) is 2. The first-order chi connectivity index (χ1) is 14.7. The first-order valence-electron chi connectivity index (χ1n) is 9.70. The molecule has 0 radical (unpaired) electrons. The molecule has 1 unspecified atom stereocenters. The van der Waals surface area contributed by atoms with Crippen molar-refractivity contribution in [1.82, 2.24) is 4.90 Å². The number of nitro benzene ring substituents is 1. The number of sulfone groups is 1. The van der Waals surface area contributed by atoms with Crippen LogP contribution in [0.3, 0.4) is 0 Å². The van der Waals surface area contributed by atoms with E-state index in [1.807, 2.05) is 6.07 Å². The molecule has 0 bridgehead atoms. The van der Waals surface area contributed by atoms with E-state index in [-0.39, 0.29) is 29.7 Å². The average molecular weight is 448 g/mol. The summed E-state index contributed by atoms with van der Waals surface area (Å²) >= 11 is 0. The molecule has 1 atom stereocenters. The molecule has 0 saturated carbocycles. The van der Waals surface area contributed by atoms with E-state index in [1.54, 1.807) is 25.3 Å². The molecule has 9 nitrogen and oxygen atoms in total. The number of carbonyl (C=O) groups excluding carboxylic acids is 1. The fourth-order valence-corrected chi connectivity index (χ4v) is 4.13. The van der Waals surface area contributed by atoms with Crippen molar-refractivity contribution in [3.05, 3.63) is 63.7 Å². The number of benzene rings is 2. The lowest BCUT2D eigenvalue weighted by Crippen LogP contribution is -2.37. The zero-order valence-corrected chi connectivity index (χ0v) is 18.1. The lowest BCUT2D eigenvalue weighted by atomic mass is 10.1. The van der Waals surface area contributed by atoms with Crippen molar-refractivity contribution >= 4 is 21.4 Å². The summed E-state index contributed by atoms with van der Waals surface area (Å²) in [5.41, 5.74) is 0.291. The normalized spacial score (nSPS) is 16.1. The molecular weight excluding hydrogens is 424 g/mol. The number of hydrogen-bond acceptors (Lipinski definition) is 7. The van der Waals surface area contributed by atoms with E-state index in [0.29, 0.717) is 12.4 Å². The maximum absolute atomic E-state index is 13.4. The first-order valence-corrected chi connectivity index (χ1v) is 11.6. The van der Waals surface area contributed by atoms with E-state index in [1.165, 1.54) is 11.0 Å². The van der Waals surface area contributed by atoms with Crippen LogP contribution in [0.4, 0.5) is 5.69 Å². The lowest BCUT2D eigenvalue weighted by Gasteiger charge is -2.26. The van der Waals surface area contributed by atoms with E-state index in [0.717, 1.165) is 36.8 Å². The Labute approximate surface area is 180 Å². The quantitative estimate of drug-likeness (QED) is 0.450. The second-order valence-electron chi connectivity index (χ2n) is 7.42. The summed E-state index contributed by atoms with van der Waals surface area (Å²) in [6, 6.07) is 10.5. The molecule has 1 heterocycles. The van der Waals surface area contributed by atoms with Gasteiger partial charge < -0.3 is 14.4 Å². The predicted molar refractivity (Wildman–Crippen MR) is 113 cm³/mol. The number of methoxy groups -OCH3 is 1. The Balaban J connectivity index is 1.98. The Kier molecular flexibility index (Phi) is 6.91. The van der Waals surface area contributed by atoms with Gasteiger partial charge in [-0.1, -0.05) is 12.1 Å². The highest BCUT2D eigenvalue weighted by atomic mass is 32.2. The zero-order valence-electron chi connectivity index (χ0n) is 17.3. The minimum atomic E-state index is -3.75. The van der Waals surface area contributed by atoms with Gasteiger partial charge >= 0.3 is 0 Å². The summed E-state index contributed by atoms with van der Waals surface area (Å²) in [5.74, 6) is 0.128. The Morgan fingerprint density at radius 2 is 2.06 bits per heavy atom. The fraction of sp³-hybridized carbons (Fsp3) is 0.381. The van der Waals surface area contributed by atoms with Crippen LogP contribution in [-0.4, -0.2) is 56.8 Å². The van der Waals surface area contributed by atoms with Crippen LogP contribution in [0.5, 0.6) is 5.75 Å². The van der Waals surface area contributed by atoms with Crippen molar-refractivity contribution < 1.29 is 27.6 Å². The minimum Gasteiger partial charge on any atom is -0.497 e. The summed E-state index contributed by atoms with van der Waals surface area (Å²) in [6.07, 6.45) is 2.48. The van der Waals surface area contributed by atoms with E-state index in [4.69, 9.17) is 9.47 Å². The van der Waals surface area contributed by atoms with Crippen molar-refractivity contribution in [3.63, 3.8) is 0 Å². The number of rotatable bonds is 8. The number of nitro groups is 1. The maximum Gasteiger partial charge on any atom is 0.271 e. The third kappa shape index (κ3) is 5.80. The van der Waals surface area contributed by atoms with Crippen LogP contribution in [0.15, 0.2) is 47.4 Å². The number of nitrogens with zero attached hydrogens (tertiary/aromatic N) is 2. The minimum absolute atomic E-state index is 0.0597. The summed E-state index contributed by atoms with van der Waals surface area (Å²) < 4.78 is 34.9. The number of hydrogen-bond donors (Lipinski definition) is 0. The summed E-state index contributed by atoms with van der Waals surface area (Å²) in [4.78, 5) is 25.2. The van der Waals surface area contributed by atoms with Gasteiger partial charge in [0.25, 0.3) is 11.6 Å². The molecule has 0 aliphatic carbocycles. The van der Waals surface area contributed by atoms with Crippen LogP contribution in [-0.2, 0) is 21.1 Å². The fourth-order valence-electron chi connectivity index (χ4n) is 3.45. The molecule has 1 saturated heterocycles. The molecular formula is C21H24N2O7S. The molecule has 1 amide bonds. The van der Waals surface area contributed by atoms with Crippen molar-refractivity contribution in [3.8, 4) is 5.75 Å². The highest BCUT2D eigenvalue weighted by Gasteiger charge is 2.26. The molecule has 1 fully saturated rings. The van der Waals surface area contributed by atoms with Gasteiger partial charge in [-0.15, -0.1) is 0 Å². The Morgan fingerprint density at radius 3 is 2.68 bits per heavy atom. The van der Waals surface area contributed by atoms with Crippen LogP contribution in [0.2, 0.25) is 0 Å². The highest BCUT2D eigenvalue weighted by molar-refractivity contribution is 7.90. The third-order valence-corrected chi connectivity index (χ3v) is 6.11. The van der Waals surface area contributed by atoms with E-state index in [9.17, 15) is 23.3 Å². The summed E-state index contributed by atoms with van der Waals surface area (Å²) in [6.45, 7) is 1.11. The molecule has 0 spiro atoms. The molecule has 166 valence electrons. The van der Waals surface area contributed by atoms with Crippen molar-refractivity contribution in [2.45, 2.75) is 30.4 Å². The van der Waals surface area contributed by atoms with Crippen LogP contribution in [0.25, 0.3) is 0 Å². The summed E-state index contributed by atoms with van der Waals surface area (Å²) in [7, 11) is -2.20. The summed E-state index contributed by atoms with van der Waals surface area (Å²) in [5, 5.41) is 11.3. The van der Waals surface area contributed by atoms with Gasteiger partial charge in [-0.2, -0.15) is 0 Å². The van der Waals surface area contributed by atoms with Crippen LogP contribution < -0.4 is 4.74 Å². The SMILES string of the molecule is COc1cccc(CN(CC2CCCO2)C(=O)c2cc([N+](=O)[O-])cc(S(C)(=O)=O)c2)c1. The first kappa shape index (κ1) is 22.7. The number of amides is 1. The van der Waals surface area contributed by atoms with Crippen LogP contribution >= 0.6 is 0 Å². The lowest BCUT2D eigenvalue weighted by molar-refractivity contribution is -0.385. The Hall–Kier alpha value is -2.98. The van der Waals surface area contributed by atoms with Gasteiger partial charge in [0.05, 0.1) is 23.0 Å². The van der Waals surface area contributed by atoms with Gasteiger partial charge in [0.2, 0.25) is 0 Å². The van der Waals surface area contributed by atoms with Gasteiger partial charge in [-0.25, -0.2) is 8.42 Å². The maximum atomic E-state index is 13.4. The van der Waals surface area contributed by atoms with E-state index < -0.39 is 26.4 Å². The molecule has 31 heavy (non-hydrogen) atoms. The van der Waals surface area contributed by atoms with Crippen molar-refractivity contribution in [2.24, 2.45) is 0 Å². The monoisotopic (exact) mass is 448 g/mol. The molecule has 2 aromatic rings. The molecule has 10 heteroatoms. The van der Waals surface area contributed by atoms with Crippen LogP contribution in [0, 0.1) is 10.1 Å². The molecule has 1 aliphatic rings. The predicted octanol–water partition coefficient (Wildman–Crippen LogP) is 2.83. The molecule has 2 aromatic carbocycles. The highest BCUT2D eigenvalue weighted by Crippen LogP contribution is 2.24.